The first kappa shape index (κ1) is 22.0. The molecule has 0 aromatic carbocycles. The Kier molecular flexibility index (Phi) is 8.77. The summed E-state index contributed by atoms with van der Waals surface area (Å²) in [6.07, 6.45) is 6.60. The van der Waals surface area contributed by atoms with Gasteiger partial charge in [-0.1, -0.05) is 12.8 Å². The van der Waals surface area contributed by atoms with Crippen molar-refractivity contribution in [2.75, 3.05) is 39.4 Å². The Morgan fingerprint density at radius 2 is 1.83 bits per heavy atom. The fourth-order valence-electron chi connectivity index (χ4n) is 4.72. The Morgan fingerprint density at radius 1 is 1.21 bits per heavy atom. The molecule has 0 aromatic rings. The quantitative estimate of drug-likeness (QED) is 0.809. The van der Waals surface area contributed by atoms with Crippen molar-refractivity contribution in [1.82, 2.24) is 9.80 Å². The van der Waals surface area contributed by atoms with Crippen LogP contribution in [0, 0.1) is 5.92 Å². The van der Waals surface area contributed by atoms with Gasteiger partial charge in [0.2, 0.25) is 5.91 Å². The van der Waals surface area contributed by atoms with Gasteiger partial charge in [0.1, 0.15) is 0 Å². The molecule has 3 fully saturated rings. The lowest BCUT2D eigenvalue weighted by molar-refractivity contribution is -0.136. The number of nitrogens with two attached hydrogens (primary N) is 1. The average Bonchev–Trinajstić information content (AvgIpc) is 3.15. The molecule has 2 aliphatic heterocycles. The number of likely N-dealkylation sites (tertiary alicyclic amines) is 1. The predicted octanol–water partition coefficient (Wildman–Crippen LogP) is 2.06. The monoisotopic (exact) mass is 381 g/mol. The highest BCUT2D eigenvalue weighted by Crippen LogP contribution is 2.39. The van der Waals surface area contributed by atoms with Gasteiger partial charge in [-0.2, -0.15) is 0 Å². The van der Waals surface area contributed by atoms with Crippen molar-refractivity contribution < 1.29 is 9.53 Å². The van der Waals surface area contributed by atoms with E-state index < -0.39 is 0 Å². The van der Waals surface area contributed by atoms with Crippen LogP contribution in [0.5, 0.6) is 0 Å². The van der Waals surface area contributed by atoms with Crippen LogP contribution >= 0.6 is 24.8 Å². The first-order valence-electron chi connectivity index (χ1n) is 8.97. The molecule has 7 heteroatoms. The second-order valence-corrected chi connectivity index (χ2v) is 7.44. The Labute approximate surface area is 158 Å². The molecule has 1 aliphatic carbocycles. The number of rotatable bonds is 4. The van der Waals surface area contributed by atoms with Crippen molar-refractivity contribution in [2.45, 2.75) is 57.0 Å². The lowest BCUT2D eigenvalue weighted by Gasteiger charge is -2.44. The largest absolute Gasteiger partial charge is 0.379 e. The normalized spacial score (nSPS) is 29.8. The number of amides is 1. The van der Waals surface area contributed by atoms with Gasteiger partial charge in [-0.15, -0.1) is 24.8 Å². The summed E-state index contributed by atoms with van der Waals surface area (Å²) in [6.45, 7) is 7.31. The molecule has 3 aliphatic rings. The summed E-state index contributed by atoms with van der Waals surface area (Å²) in [6, 6.07) is 0.351. The van der Waals surface area contributed by atoms with E-state index in [9.17, 15) is 4.79 Å². The van der Waals surface area contributed by atoms with Crippen LogP contribution in [-0.2, 0) is 9.53 Å². The van der Waals surface area contributed by atoms with Gasteiger partial charge in [0.15, 0.2) is 0 Å². The number of nitrogens with zero attached hydrogens (tertiary/aromatic N) is 2. The molecule has 2 atom stereocenters. The predicted molar refractivity (Wildman–Crippen MR) is 101 cm³/mol. The van der Waals surface area contributed by atoms with Crippen molar-refractivity contribution >= 4 is 30.7 Å². The molecule has 0 bridgehead atoms. The molecule has 24 heavy (non-hydrogen) atoms. The van der Waals surface area contributed by atoms with Crippen molar-refractivity contribution in [3.05, 3.63) is 0 Å². The first-order valence-corrected chi connectivity index (χ1v) is 8.97. The third-order valence-electron chi connectivity index (χ3n) is 6.01. The standard InChI is InChI=1S/C17H31N3O2.2ClH/c1-14-10-15(12-18)13-20(14)16(21)11-17(4-2-3-5-17)19-6-8-22-9-7-19;;/h14-15H,2-13,18H2,1H3;2*1H. The van der Waals surface area contributed by atoms with Crippen LogP contribution in [0.1, 0.15) is 45.4 Å². The highest BCUT2D eigenvalue weighted by Gasteiger charge is 2.44. The van der Waals surface area contributed by atoms with Gasteiger partial charge >= 0.3 is 0 Å². The van der Waals surface area contributed by atoms with E-state index in [1.807, 2.05) is 0 Å². The minimum atomic E-state index is 0. The maximum absolute atomic E-state index is 12.9. The molecule has 1 saturated carbocycles. The molecule has 3 rings (SSSR count). The summed E-state index contributed by atoms with van der Waals surface area (Å²) >= 11 is 0. The zero-order valence-corrected chi connectivity index (χ0v) is 16.4. The van der Waals surface area contributed by atoms with Gasteiger partial charge in [-0.05, 0) is 38.6 Å². The number of morpholine rings is 1. The van der Waals surface area contributed by atoms with E-state index in [0.29, 0.717) is 30.8 Å². The Morgan fingerprint density at radius 3 is 2.38 bits per heavy atom. The van der Waals surface area contributed by atoms with Gasteiger partial charge in [-0.3, -0.25) is 9.69 Å². The third kappa shape index (κ3) is 4.55. The summed E-state index contributed by atoms with van der Waals surface area (Å²) in [5.74, 6) is 0.832. The molecular weight excluding hydrogens is 349 g/mol. The molecular formula is C17H33Cl2N3O2. The fraction of sp³-hybridized carbons (Fsp3) is 0.941. The highest BCUT2D eigenvalue weighted by molar-refractivity contribution is 5.85. The van der Waals surface area contributed by atoms with Crippen molar-refractivity contribution in [2.24, 2.45) is 11.7 Å². The Balaban J connectivity index is 0.00000144. The summed E-state index contributed by atoms with van der Waals surface area (Å²) in [5, 5.41) is 0. The van der Waals surface area contributed by atoms with Gasteiger partial charge < -0.3 is 15.4 Å². The van der Waals surface area contributed by atoms with E-state index in [1.54, 1.807) is 0 Å². The molecule has 0 aromatic heterocycles. The topological polar surface area (TPSA) is 58.8 Å². The van der Waals surface area contributed by atoms with E-state index in [4.69, 9.17) is 10.5 Å². The number of hydrogen-bond donors (Lipinski definition) is 1. The smallest absolute Gasteiger partial charge is 0.224 e. The summed E-state index contributed by atoms with van der Waals surface area (Å²) in [7, 11) is 0. The molecule has 2 heterocycles. The van der Waals surface area contributed by atoms with E-state index in [-0.39, 0.29) is 30.4 Å². The molecule has 2 unspecified atom stereocenters. The lowest BCUT2D eigenvalue weighted by Crippen LogP contribution is -2.54. The van der Waals surface area contributed by atoms with E-state index >= 15 is 0 Å². The van der Waals surface area contributed by atoms with E-state index in [1.165, 1.54) is 25.7 Å². The van der Waals surface area contributed by atoms with Gasteiger partial charge in [0.25, 0.3) is 0 Å². The van der Waals surface area contributed by atoms with Crippen molar-refractivity contribution in [3.63, 3.8) is 0 Å². The highest BCUT2D eigenvalue weighted by atomic mass is 35.5. The summed E-state index contributed by atoms with van der Waals surface area (Å²) < 4.78 is 5.50. The Hall–Kier alpha value is -0.0700. The molecule has 2 saturated heterocycles. The summed E-state index contributed by atoms with van der Waals surface area (Å²) in [4.78, 5) is 17.6. The average molecular weight is 382 g/mol. The molecule has 5 nitrogen and oxygen atoms in total. The number of carbonyl (C=O) groups excluding carboxylic acids is 1. The van der Waals surface area contributed by atoms with E-state index in [2.05, 4.69) is 16.7 Å². The molecule has 2 N–H and O–H groups in total. The zero-order valence-electron chi connectivity index (χ0n) is 14.7. The maximum Gasteiger partial charge on any atom is 0.224 e. The van der Waals surface area contributed by atoms with Crippen LogP contribution in [0.4, 0.5) is 0 Å². The second kappa shape index (κ2) is 9.58. The van der Waals surface area contributed by atoms with Crippen molar-refractivity contribution in [3.8, 4) is 0 Å². The second-order valence-electron chi connectivity index (χ2n) is 7.44. The number of carbonyl (C=O) groups is 1. The Bertz CT molecular complexity index is 399. The molecule has 1 amide bonds. The minimum Gasteiger partial charge on any atom is -0.379 e. The van der Waals surface area contributed by atoms with Crippen LogP contribution in [0.25, 0.3) is 0 Å². The zero-order chi connectivity index (χ0) is 15.6. The lowest BCUT2D eigenvalue weighted by atomic mass is 9.89. The van der Waals surface area contributed by atoms with Crippen molar-refractivity contribution in [1.29, 1.82) is 0 Å². The van der Waals surface area contributed by atoms with Gasteiger partial charge in [0.05, 0.1) is 13.2 Å². The SMILES string of the molecule is CC1CC(CN)CN1C(=O)CC1(N2CCOCC2)CCCC1.Cl.Cl. The van der Waals surface area contributed by atoms with Gasteiger partial charge in [0, 0.05) is 37.6 Å². The first-order chi connectivity index (χ1) is 10.6. The van der Waals surface area contributed by atoms with E-state index in [0.717, 1.165) is 39.3 Å². The van der Waals surface area contributed by atoms with Crippen LogP contribution in [0.2, 0.25) is 0 Å². The molecule has 0 spiro atoms. The number of ether oxygens (including phenoxy) is 1. The number of halogens is 2. The minimum absolute atomic E-state index is 0. The van der Waals surface area contributed by atoms with Crippen LogP contribution in [-0.4, -0.2) is 66.7 Å². The van der Waals surface area contributed by atoms with Gasteiger partial charge in [-0.25, -0.2) is 0 Å². The molecule has 142 valence electrons. The third-order valence-corrected chi connectivity index (χ3v) is 6.01. The molecule has 0 radical (unpaired) electrons. The fourth-order valence-corrected chi connectivity index (χ4v) is 4.72. The number of hydrogen-bond acceptors (Lipinski definition) is 4. The maximum atomic E-state index is 12.9. The van der Waals surface area contributed by atoms with Crippen LogP contribution in [0.15, 0.2) is 0 Å². The van der Waals surface area contributed by atoms with Crippen LogP contribution in [0.3, 0.4) is 0 Å². The summed E-state index contributed by atoms with van der Waals surface area (Å²) in [5.41, 5.74) is 5.90. The van der Waals surface area contributed by atoms with Crippen LogP contribution < -0.4 is 5.73 Å².